The molecule has 1 rings (SSSR count). The van der Waals surface area contributed by atoms with E-state index in [0.717, 1.165) is 6.54 Å². The third-order valence-electron chi connectivity index (χ3n) is 1.91. The molecule has 0 amide bonds. The van der Waals surface area contributed by atoms with E-state index in [1.165, 1.54) is 18.4 Å². The third-order valence-corrected chi connectivity index (χ3v) is 1.91. The Labute approximate surface area is 50.6 Å². The van der Waals surface area contributed by atoms with Crippen molar-refractivity contribution in [2.75, 3.05) is 6.54 Å². The molecule has 0 saturated carbocycles. The van der Waals surface area contributed by atoms with Crippen LogP contribution < -0.4 is 5.73 Å². The summed E-state index contributed by atoms with van der Waals surface area (Å²) >= 11 is 0. The molecule has 2 N–H and O–H groups in total. The molecule has 1 nitrogen and oxygen atoms in total. The predicted octanol–water partition coefficient (Wildman–Crippen LogP) is 1.30. The van der Waals surface area contributed by atoms with Gasteiger partial charge in [0.05, 0.1) is 0 Å². The van der Waals surface area contributed by atoms with E-state index in [1.807, 2.05) is 0 Å². The minimum atomic E-state index is 0.704. The van der Waals surface area contributed by atoms with Gasteiger partial charge < -0.3 is 5.73 Å². The second-order valence-corrected chi connectivity index (χ2v) is 2.46. The Morgan fingerprint density at radius 3 is 2.88 bits per heavy atom. The van der Waals surface area contributed by atoms with Crippen LogP contribution in [0.4, 0.5) is 0 Å². The van der Waals surface area contributed by atoms with Gasteiger partial charge in [0.15, 0.2) is 0 Å². The van der Waals surface area contributed by atoms with Crippen LogP contribution in [0.3, 0.4) is 0 Å². The van der Waals surface area contributed by atoms with Crippen molar-refractivity contribution in [3.05, 3.63) is 11.6 Å². The summed E-state index contributed by atoms with van der Waals surface area (Å²) < 4.78 is 0. The minimum absolute atomic E-state index is 0.704. The first-order valence-electron chi connectivity index (χ1n) is 3.21. The Morgan fingerprint density at radius 1 is 1.88 bits per heavy atom. The maximum atomic E-state index is 5.48. The molecule has 0 fully saturated rings. The van der Waals surface area contributed by atoms with E-state index in [2.05, 4.69) is 13.0 Å². The molecule has 1 atom stereocenters. The van der Waals surface area contributed by atoms with Crippen LogP contribution in [0.15, 0.2) is 11.6 Å². The highest BCUT2D eigenvalue weighted by Crippen LogP contribution is 2.23. The van der Waals surface area contributed by atoms with E-state index in [0.29, 0.717) is 5.92 Å². The summed E-state index contributed by atoms with van der Waals surface area (Å²) in [6, 6.07) is 0. The number of rotatable bonds is 1. The normalized spacial score (nSPS) is 28.2. The van der Waals surface area contributed by atoms with Crippen molar-refractivity contribution in [3.63, 3.8) is 0 Å². The summed E-state index contributed by atoms with van der Waals surface area (Å²) in [5, 5.41) is 0. The van der Waals surface area contributed by atoms with Crippen molar-refractivity contribution in [1.29, 1.82) is 0 Å². The fourth-order valence-corrected chi connectivity index (χ4v) is 1.21. The third kappa shape index (κ3) is 0.920. The smallest absolute Gasteiger partial charge is 0.00115 e. The highest BCUT2D eigenvalue weighted by atomic mass is 14.5. The highest BCUT2D eigenvalue weighted by molar-refractivity contribution is 5.09. The van der Waals surface area contributed by atoms with Crippen molar-refractivity contribution in [2.45, 2.75) is 19.8 Å². The largest absolute Gasteiger partial charge is 0.330 e. The van der Waals surface area contributed by atoms with Crippen LogP contribution >= 0.6 is 0 Å². The number of allylic oxidation sites excluding steroid dienone is 1. The summed E-state index contributed by atoms with van der Waals surface area (Å²) in [5.74, 6) is 0.704. The molecular formula is C7H13N. The molecular weight excluding hydrogens is 98.1 g/mol. The van der Waals surface area contributed by atoms with Gasteiger partial charge >= 0.3 is 0 Å². The zero-order valence-electron chi connectivity index (χ0n) is 5.35. The quantitative estimate of drug-likeness (QED) is 0.507. The van der Waals surface area contributed by atoms with Crippen LogP contribution in [-0.2, 0) is 0 Å². The molecule has 0 aromatic rings. The van der Waals surface area contributed by atoms with Crippen LogP contribution in [0.5, 0.6) is 0 Å². The maximum absolute atomic E-state index is 5.48. The van der Waals surface area contributed by atoms with Crippen molar-refractivity contribution in [1.82, 2.24) is 0 Å². The lowest BCUT2D eigenvalue weighted by atomic mass is 10.0. The molecule has 0 radical (unpaired) electrons. The second kappa shape index (κ2) is 2.31. The van der Waals surface area contributed by atoms with Crippen molar-refractivity contribution >= 4 is 0 Å². The molecule has 46 valence electrons. The molecule has 0 saturated heterocycles. The number of hydrogen-bond acceptors (Lipinski definition) is 1. The minimum Gasteiger partial charge on any atom is -0.330 e. The fourth-order valence-electron chi connectivity index (χ4n) is 1.21. The van der Waals surface area contributed by atoms with Crippen LogP contribution in [-0.4, -0.2) is 6.54 Å². The lowest BCUT2D eigenvalue weighted by Gasteiger charge is -2.05. The second-order valence-electron chi connectivity index (χ2n) is 2.46. The SMILES string of the molecule is CC1=CCCC1CN. The molecule has 0 aromatic heterocycles. The van der Waals surface area contributed by atoms with Gasteiger partial charge in [-0.15, -0.1) is 0 Å². The first-order valence-corrected chi connectivity index (χ1v) is 3.21. The average molecular weight is 111 g/mol. The van der Waals surface area contributed by atoms with Gasteiger partial charge in [0.25, 0.3) is 0 Å². The number of nitrogens with two attached hydrogens (primary N) is 1. The standard InChI is InChI=1S/C7H13N/c1-6-3-2-4-7(6)5-8/h3,7H,2,4-5,8H2,1H3. The zero-order chi connectivity index (χ0) is 5.98. The lowest BCUT2D eigenvalue weighted by molar-refractivity contribution is 0.617. The van der Waals surface area contributed by atoms with Gasteiger partial charge in [0, 0.05) is 0 Å². The summed E-state index contributed by atoms with van der Waals surface area (Å²) in [6.07, 6.45) is 4.81. The predicted molar refractivity (Wildman–Crippen MR) is 35.5 cm³/mol. The van der Waals surface area contributed by atoms with Crippen molar-refractivity contribution in [2.24, 2.45) is 11.7 Å². The van der Waals surface area contributed by atoms with E-state index in [9.17, 15) is 0 Å². The molecule has 1 unspecified atom stereocenters. The molecule has 1 heteroatoms. The van der Waals surface area contributed by atoms with Crippen LogP contribution in [0.25, 0.3) is 0 Å². The van der Waals surface area contributed by atoms with Gasteiger partial charge in [-0.3, -0.25) is 0 Å². The van der Waals surface area contributed by atoms with E-state index >= 15 is 0 Å². The van der Waals surface area contributed by atoms with Crippen LogP contribution in [0.2, 0.25) is 0 Å². The molecule has 0 heterocycles. The molecule has 0 aliphatic heterocycles. The van der Waals surface area contributed by atoms with Gasteiger partial charge in [-0.25, -0.2) is 0 Å². The topological polar surface area (TPSA) is 26.0 Å². The lowest BCUT2D eigenvalue weighted by Crippen LogP contribution is -2.11. The molecule has 1 aliphatic rings. The van der Waals surface area contributed by atoms with E-state index in [4.69, 9.17) is 5.73 Å². The van der Waals surface area contributed by atoms with Gasteiger partial charge in [0.2, 0.25) is 0 Å². The van der Waals surface area contributed by atoms with E-state index < -0.39 is 0 Å². The zero-order valence-corrected chi connectivity index (χ0v) is 5.35. The average Bonchev–Trinajstić information content (AvgIpc) is 2.14. The molecule has 0 spiro atoms. The Bertz CT molecular complexity index is 105. The monoisotopic (exact) mass is 111 g/mol. The van der Waals surface area contributed by atoms with Crippen LogP contribution in [0, 0.1) is 5.92 Å². The Balaban J connectivity index is 2.46. The summed E-state index contributed by atoms with van der Waals surface area (Å²) in [5.41, 5.74) is 6.98. The first-order chi connectivity index (χ1) is 3.84. The maximum Gasteiger partial charge on any atom is -0.00115 e. The van der Waals surface area contributed by atoms with Gasteiger partial charge in [-0.05, 0) is 32.2 Å². The summed E-state index contributed by atoms with van der Waals surface area (Å²) in [6.45, 7) is 3.01. The molecule has 8 heavy (non-hydrogen) atoms. The van der Waals surface area contributed by atoms with Gasteiger partial charge in [-0.2, -0.15) is 0 Å². The highest BCUT2D eigenvalue weighted by Gasteiger charge is 2.12. The molecule has 0 bridgehead atoms. The van der Waals surface area contributed by atoms with Crippen molar-refractivity contribution < 1.29 is 0 Å². The van der Waals surface area contributed by atoms with Gasteiger partial charge in [-0.1, -0.05) is 11.6 Å². The first kappa shape index (κ1) is 5.83. The van der Waals surface area contributed by atoms with E-state index in [1.54, 1.807) is 0 Å². The molecule has 0 aromatic carbocycles. The summed E-state index contributed by atoms with van der Waals surface area (Å²) in [4.78, 5) is 0. The Morgan fingerprint density at radius 2 is 2.62 bits per heavy atom. The number of hydrogen-bond donors (Lipinski definition) is 1. The molecule has 1 aliphatic carbocycles. The Kier molecular flexibility index (Phi) is 1.69. The fraction of sp³-hybridized carbons (Fsp3) is 0.714. The summed E-state index contributed by atoms with van der Waals surface area (Å²) in [7, 11) is 0. The van der Waals surface area contributed by atoms with Crippen molar-refractivity contribution in [3.8, 4) is 0 Å². The van der Waals surface area contributed by atoms with Crippen LogP contribution in [0.1, 0.15) is 19.8 Å². The van der Waals surface area contributed by atoms with Gasteiger partial charge in [0.1, 0.15) is 0 Å². The van der Waals surface area contributed by atoms with E-state index in [-0.39, 0.29) is 0 Å². The Hall–Kier alpha value is -0.300.